The first-order valence-electron chi connectivity index (χ1n) is 10.5. The SMILES string of the molecule is NC(=O)C(NC1=COCC2=C3C1=CN=C(c1ccc4c(c1)OC(F)(F)O4)N3CC2)C1CC1. The minimum atomic E-state index is -3.67. The first kappa shape index (κ1) is 19.1. The summed E-state index contributed by atoms with van der Waals surface area (Å²) in [4.78, 5) is 18.6. The molecule has 8 nitrogen and oxygen atoms in total. The molecule has 1 aromatic carbocycles. The highest BCUT2D eigenvalue weighted by molar-refractivity contribution is 6.02. The Labute approximate surface area is 182 Å². The van der Waals surface area contributed by atoms with Crippen molar-refractivity contribution >= 4 is 11.7 Å². The lowest BCUT2D eigenvalue weighted by Gasteiger charge is -2.30. The van der Waals surface area contributed by atoms with Crippen LogP contribution in [0.15, 0.2) is 58.2 Å². The summed E-state index contributed by atoms with van der Waals surface area (Å²) in [6.45, 7) is 1.09. The molecule has 1 aromatic rings. The van der Waals surface area contributed by atoms with E-state index in [0.717, 1.165) is 36.1 Å². The van der Waals surface area contributed by atoms with Crippen molar-refractivity contribution in [2.75, 3.05) is 13.2 Å². The maximum absolute atomic E-state index is 13.4. The lowest BCUT2D eigenvalue weighted by Crippen LogP contribution is -2.43. The molecule has 5 aliphatic rings. The summed E-state index contributed by atoms with van der Waals surface area (Å²) in [7, 11) is 0. The highest BCUT2D eigenvalue weighted by atomic mass is 19.3. The first-order valence-corrected chi connectivity index (χ1v) is 10.5. The van der Waals surface area contributed by atoms with Gasteiger partial charge in [-0.25, -0.2) is 4.99 Å². The summed E-state index contributed by atoms with van der Waals surface area (Å²) >= 11 is 0. The van der Waals surface area contributed by atoms with Crippen LogP contribution in [0, 0.1) is 5.92 Å². The number of amidine groups is 1. The van der Waals surface area contributed by atoms with Gasteiger partial charge in [-0.05, 0) is 49.0 Å². The van der Waals surface area contributed by atoms with Crippen LogP contribution in [0.5, 0.6) is 11.5 Å². The Morgan fingerprint density at radius 2 is 2.09 bits per heavy atom. The van der Waals surface area contributed by atoms with Gasteiger partial charge in [0.15, 0.2) is 11.5 Å². The molecule has 6 rings (SSSR count). The molecule has 166 valence electrons. The molecular weight excluding hydrogens is 422 g/mol. The number of hydrogen-bond donors (Lipinski definition) is 2. The van der Waals surface area contributed by atoms with Gasteiger partial charge in [-0.2, -0.15) is 0 Å². The molecule has 0 radical (unpaired) electrons. The summed E-state index contributed by atoms with van der Waals surface area (Å²) < 4.78 is 41.7. The van der Waals surface area contributed by atoms with Crippen molar-refractivity contribution in [2.45, 2.75) is 31.6 Å². The monoisotopic (exact) mass is 442 g/mol. The fourth-order valence-corrected chi connectivity index (χ4v) is 4.55. The molecule has 3 N–H and O–H groups in total. The molecule has 0 saturated heterocycles. The molecule has 1 atom stereocenters. The standard InChI is InChI=1S/C22H20F2N4O4/c23-22(24)31-16-4-3-12(7-17(16)32-22)21-26-8-14-15(27-18(20(25)29)11-1-2-11)10-30-9-13-5-6-28(21)19(13)14/h3-4,7-8,10-11,18,27H,1-2,5-6,9H2,(H2,25,29). The van der Waals surface area contributed by atoms with Crippen LogP contribution in [0.4, 0.5) is 8.78 Å². The fraction of sp³-hybridized carbons (Fsp3) is 0.364. The molecule has 1 aliphatic carbocycles. The van der Waals surface area contributed by atoms with E-state index in [1.54, 1.807) is 18.5 Å². The maximum Gasteiger partial charge on any atom is 0.586 e. The maximum atomic E-state index is 13.4. The number of alkyl halides is 2. The lowest BCUT2D eigenvalue weighted by molar-refractivity contribution is -0.286. The minimum Gasteiger partial charge on any atom is -0.495 e. The first-order chi connectivity index (χ1) is 15.4. The molecule has 4 heterocycles. The molecule has 1 amide bonds. The van der Waals surface area contributed by atoms with Crippen LogP contribution in [0.25, 0.3) is 0 Å². The van der Waals surface area contributed by atoms with Gasteiger partial charge in [0.1, 0.15) is 24.7 Å². The largest absolute Gasteiger partial charge is 0.586 e. The van der Waals surface area contributed by atoms with E-state index in [1.807, 2.05) is 4.90 Å². The molecular formula is C22H20F2N4O4. The molecule has 32 heavy (non-hydrogen) atoms. The summed E-state index contributed by atoms with van der Waals surface area (Å²) in [5, 5.41) is 3.27. The van der Waals surface area contributed by atoms with E-state index in [9.17, 15) is 13.6 Å². The Morgan fingerprint density at radius 1 is 1.28 bits per heavy atom. The molecule has 1 fully saturated rings. The number of carbonyl (C=O) groups excluding carboxylic acids is 1. The molecule has 0 spiro atoms. The van der Waals surface area contributed by atoms with Crippen molar-refractivity contribution in [3.05, 3.63) is 58.8 Å². The van der Waals surface area contributed by atoms with E-state index < -0.39 is 18.2 Å². The molecule has 1 unspecified atom stereocenters. The second-order valence-electron chi connectivity index (χ2n) is 8.38. The summed E-state index contributed by atoms with van der Waals surface area (Å²) in [5.74, 6) is 0.407. The Kier molecular flexibility index (Phi) is 4.02. The third-order valence-corrected chi connectivity index (χ3v) is 6.19. The van der Waals surface area contributed by atoms with Crippen LogP contribution in [0.1, 0.15) is 24.8 Å². The van der Waals surface area contributed by atoms with Crippen LogP contribution < -0.4 is 20.5 Å². The van der Waals surface area contributed by atoms with Crippen LogP contribution >= 0.6 is 0 Å². The van der Waals surface area contributed by atoms with Gasteiger partial charge < -0.3 is 30.2 Å². The fourth-order valence-electron chi connectivity index (χ4n) is 4.55. The normalized spacial score (nSPS) is 23.4. The smallest absolute Gasteiger partial charge is 0.495 e. The molecule has 4 aliphatic heterocycles. The Morgan fingerprint density at radius 3 is 2.88 bits per heavy atom. The van der Waals surface area contributed by atoms with Gasteiger partial charge in [-0.1, -0.05) is 0 Å². The summed E-state index contributed by atoms with van der Waals surface area (Å²) in [6, 6.07) is 4.17. The predicted molar refractivity (Wildman–Crippen MR) is 108 cm³/mol. The number of nitrogens with zero attached hydrogens (tertiary/aromatic N) is 2. The number of hydrogen-bond acceptors (Lipinski definition) is 7. The molecule has 10 heteroatoms. The van der Waals surface area contributed by atoms with Crippen LogP contribution in [0.2, 0.25) is 0 Å². The predicted octanol–water partition coefficient (Wildman–Crippen LogP) is 2.34. The quantitative estimate of drug-likeness (QED) is 0.727. The third-order valence-electron chi connectivity index (χ3n) is 6.19. The highest BCUT2D eigenvalue weighted by Crippen LogP contribution is 2.43. The van der Waals surface area contributed by atoms with Gasteiger partial charge in [-0.15, -0.1) is 8.78 Å². The lowest BCUT2D eigenvalue weighted by atomic mass is 10.0. The summed E-state index contributed by atoms with van der Waals surface area (Å²) in [5.41, 5.74) is 9.78. The number of amides is 1. The second kappa shape index (κ2) is 6.72. The number of aliphatic imine (C=N–C) groups is 1. The van der Waals surface area contributed by atoms with Gasteiger partial charge in [0.2, 0.25) is 5.91 Å². The van der Waals surface area contributed by atoms with E-state index in [2.05, 4.69) is 19.8 Å². The van der Waals surface area contributed by atoms with E-state index in [0.29, 0.717) is 30.2 Å². The average molecular weight is 442 g/mol. The van der Waals surface area contributed by atoms with E-state index in [4.69, 9.17) is 10.5 Å². The number of fused-ring (bicyclic) bond motifs is 1. The van der Waals surface area contributed by atoms with Crippen molar-refractivity contribution in [2.24, 2.45) is 16.6 Å². The number of nitrogens with two attached hydrogens (primary N) is 1. The van der Waals surface area contributed by atoms with Crippen molar-refractivity contribution in [1.29, 1.82) is 0 Å². The highest BCUT2D eigenvalue weighted by Gasteiger charge is 2.44. The Bertz CT molecular complexity index is 1150. The van der Waals surface area contributed by atoms with E-state index >= 15 is 0 Å². The van der Waals surface area contributed by atoms with Crippen LogP contribution in [-0.2, 0) is 9.53 Å². The molecule has 1 saturated carbocycles. The number of nitrogens with one attached hydrogen (secondary N) is 1. The number of benzene rings is 1. The van der Waals surface area contributed by atoms with Crippen LogP contribution in [0.3, 0.4) is 0 Å². The zero-order valence-electron chi connectivity index (χ0n) is 16.9. The zero-order valence-corrected chi connectivity index (χ0v) is 16.9. The third kappa shape index (κ3) is 3.09. The number of carbonyl (C=O) groups is 1. The van der Waals surface area contributed by atoms with Crippen molar-refractivity contribution in [3.63, 3.8) is 0 Å². The van der Waals surface area contributed by atoms with Gasteiger partial charge >= 0.3 is 6.29 Å². The number of rotatable bonds is 5. The Balaban J connectivity index is 1.36. The van der Waals surface area contributed by atoms with E-state index in [-0.39, 0.29) is 17.4 Å². The second-order valence-corrected chi connectivity index (χ2v) is 8.38. The average Bonchev–Trinajstić information content (AvgIpc) is 3.45. The minimum absolute atomic E-state index is 0.0115. The topological polar surface area (TPSA) is 98.4 Å². The van der Waals surface area contributed by atoms with E-state index in [1.165, 1.54) is 12.1 Å². The van der Waals surface area contributed by atoms with Crippen LogP contribution in [-0.4, -0.2) is 42.1 Å². The molecule has 0 aromatic heterocycles. The van der Waals surface area contributed by atoms with Gasteiger partial charge in [0, 0.05) is 23.9 Å². The van der Waals surface area contributed by atoms with Gasteiger partial charge in [-0.3, -0.25) is 4.79 Å². The number of halogens is 2. The summed E-state index contributed by atoms with van der Waals surface area (Å²) in [6.07, 6.45) is 2.35. The van der Waals surface area contributed by atoms with Crippen molar-refractivity contribution in [3.8, 4) is 11.5 Å². The number of primary amides is 1. The van der Waals surface area contributed by atoms with Gasteiger partial charge in [0.25, 0.3) is 0 Å². The van der Waals surface area contributed by atoms with Crippen molar-refractivity contribution in [1.82, 2.24) is 10.2 Å². The number of ether oxygens (including phenoxy) is 3. The zero-order chi connectivity index (χ0) is 22.0. The molecule has 0 bridgehead atoms. The Hall–Kier alpha value is -3.56. The van der Waals surface area contributed by atoms with Gasteiger partial charge in [0.05, 0.1) is 11.4 Å². The van der Waals surface area contributed by atoms with Crippen molar-refractivity contribution < 1.29 is 27.8 Å².